The van der Waals surface area contributed by atoms with Gasteiger partial charge < -0.3 is 28.4 Å². The molecule has 0 spiro atoms. The molecule has 0 heterocycles. The van der Waals surface area contributed by atoms with E-state index in [1.54, 1.807) is 61.0 Å². The van der Waals surface area contributed by atoms with Crippen LogP contribution in [0, 0.1) is 6.92 Å². The quantitative estimate of drug-likeness (QED) is 0.0179. The van der Waals surface area contributed by atoms with E-state index < -0.39 is 23.9 Å². The van der Waals surface area contributed by atoms with E-state index in [4.69, 9.17) is 28.4 Å². The minimum atomic E-state index is -0.523. The second kappa shape index (κ2) is 25.0. The summed E-state index contributed by atoms with van der Waals surface area (Å²) in [4.78, 5) is 46.9. The van der Waals surface area contributed by atoms with Gasteiger partial charge in [0.15, 0.2) is 0 Å². The van der Waals surface area contributed by atoms with Crippen molar-refractivity contribution in [3.05, 3.63) is 156 Å². The number of hydrogen-bond donors (Lipinski definition) is 0. The van der Waals surface area contributed by atoms with Crippen LogP contribution in [0.4, 0.5) is 0 Å². The van der Waals surface area contributed by atoms with Crippen molar-refractivity contribution in [2.45, 2.75) is 32.6 Å². The molecular formula is C47H46N2O10. The van der Waals surface area contributed by atoms with Crippen molar-refractivity contribution in [3.63, 3.8) is 0 Å². The maximum atomic E-state index is 12.5. The summed E-state index contributed by atoms with van der Waals surface area (Å²) in [5.74, 6) is 0.289. The molecule has 59 heavy (non-hydrogen) atoms. The van der Waals surface area contributed by atoms with Gasteiger partial charge in [0.2, 0.25) is 0 Å². The van der Waals surface area contributed by atoms with Crippen LogP contribution in [0.2, 0.25) is 0 Å². The molecule has 0 fully saturated rings. The Kier molecular flexibility index (Phi) is 18.8. The second-order valence-electron chi connectivity index (χ2n) is 12.6. The maximum Gasteiger partial charge on any atom is 0.336 e. The number of esters is 4. The molecule has 0 saturated heterocycles. The highest BCUT2D eigenvalue weighted by Crippen LogP contribution is 2.20. The minimum absolute atomic E-state index is 0.323. The van der Waals surface area contributed by atoms with Gasteiger partial charge in [0.25, 0.3) is 0 Å². The van der Waals surface area contributed by atoms with E-state index in [0.29, 0.717) is 62.3 Å². The van der Waals surface area contributed by atoms with Gasteiger partial charge in [0.05, 0.1) is 38.9 Å². The zero-order valence-corrected chi connectivity index (χ0v) is 32.8. The molecule has 304 valence electrons. The summed E-state index contributed by atoms with van der Waals surface area (Å²) in [5, 5.41) is 8.22. The predicted molar refractivity (Wildman–Crippen MR) is 227 cm³/mol. The highest BCUT2D eigenvalue weighted by molar-refractivity contribution is 5.90. The third-order valence-corrected chi connectivity index (χ3v) is 8.01. The maximum absolute atomic E-state index is 12.5. The van der Waals surface area contributed by atoms with Crippen LogP contribution >= 0.6 is 0 Å². The van der Waals surface area contributed by atoms with Crippen molar-refractivity contribution in [2.75, 3.05) is 26.4 Å². The smallest absolute Gasteiger partial charge is 0.336 e. The van der Waals surface area contributed by atoms with E-state index in [2.05, 4.69) is 23.4 Å². The summed E-state index contributed by atoms with van der Waals surface area (Å²) >= 11 is 0. The first-order chi connectivity index (χ1) is 28.7. The second-order valence-corrected chi connectivity index (χ2v) is 12.6. The van der Waals surface area contributed by atoms with Gasteiger partial charge in [-0.25, -0.2) is 19.2 Å². The Morgan fingerprint density at radius 1 is 0.508 bits per heavy atom. The molecule has 0 aliphatic carbocycles. The lowest BCUT2D eigenvalue weighted by Crippen LogP contribution is -2.05. The summed E-state index contributed by atoms with van der Waals surface area (Å²) in [6.45, 7) is 10.2. The number of hydrogen-bond acceptors (Lipinski definition) is 12. The zero-order chi connectivity index (χ0) is 42.1. The summed E-state index contributed by atoms with van der Waals surface area (Å²) in [6, 6.07) is 26.7. The molecule has 12 nitrogen and oxygen atoms in total. The van der Waals surface area contributed by atoms with Crippen molar-refractivity contribution in [1.29, 1.82) is 0 Å². The average Bonchev–Trinajstić information content (AvgIpc) is 3.25. The summed E-state index contributed by atoms with van der Waals surface area (Å²) in [7, 11) is 0. The fraction of sp³-hybridized carbons (Fsp3) is 0.191. The molecule has 0 N–H and O–H groups in total. The Morgan fingerprint density at radius 2 is 0.932 bits per heavy atom. The third kappa shape index (κ3) is 17.6. The van der Waals surface area contributed by atoms with E-state index in [-0.39, 0.29) is 0 Å². The Hall–Kier alpha value is -7.34. The first kappa shape index (κ1) is 44.4. The first-order valence-electron chi connectivity index (χ1n) is 18.8. The molecular weight excluding hydrogens is 753 g/mol. The topological polar surface area (TPSA) is 148 Å². The number of carbonyl (C=O) groups is 4. The van der Waals surface area contributed by atoms with Crippen molar-refractivity contribution >= 4 is 48.5 Å². The number of unbranched alkanes of at least 4 members (excludes halogenated alkanes) is 2. The Bertz CT molecular complexity index is 2130. The monoisotopic (exact) mass is 798 g/mol. The fourth-order valence-corrected chi connectivity index (χ4v) is 4.91. The molecule has 12 heteroatoms. The highest BCUT2D eigenvalue weighted by atomic mass is 16.5. The molecule has 0 bridgehead atoms. The molecule has 0 aromatic heterocycles. The van der Waals surface area contributed by atoms with Crippen LogP contribution in [0.3, 0.4) is 0 Å². The lowest BCUT2D eigenvalue weighted by atomic mass is 10.1. The van der Waals surface area contributed by atoms with Crippen LogP contribution in [-0.4, -0.2) is 62.7 Å². The number of aryl methyl sites for hydroxylation is 1. The standard InChI is InChI=1S/C47H46N2O10/c1-4-44(50)56-30-8-6-28-54-40-19-10-36(11-20-40)17-26-46(52)58-42-23-14-38(15-24-42)33-48-49-34-39-16-25-43(35(3)32-39)59-47(53)27-18-37-12-21-41(22-13-37)55-29-7-9-31-57-45(51)5-2/h4-5,10-27,32-34H,1-2,6-9,28-31H2,3H3/b26-17+,27-18+,48-33+,49-34+. The van der Waals surface area contributed by atoms with Gasteiger partial charge in [0, 0.05) is 24.3 Å². The highest BCUT2D eigenvalue weighted by Gasteiger charge is 2.06. The normalized spacial score (nSPS) is 11.1. The van der Waals surface area contributed by atoms with E-state index in [1.807, 2.05) is 61.5 Å². The summed E-state index contributed by atoms with van der Waals surface area (Å²) < 4.78 is 32.2. The Morgan fingerprint density at radius 3 is 1.42 bits per heavy atom. The zero-order valence-electron chi connectivity index (χ0n) is 32.8. The molecule has 4 aromatic rings. The van der Waals surface area contributed by atoms with Crippen LogP contribution in [0.25, 0.3) is 12.2 Å². The minimum Gasteiger partial charge on any atom is -0.494 e. The van der Waals surface area contributed by atoms with E-state index in [1.165, 1.54) is 12.2 Å². The van der Waals surface area contributed by atoms with E-state index in [9.17, 15) is 19.2 Å². The van der Waals surface area contributed by atoms with Crippen molar-refractivity contribution in [3.8, 4) is 23.0 Å². The van der Waals surface area contributed by atoms with Crippen molar-refractivity contribution in [1.82, 2.24) is 0 Å². The van der Waals surface area contributed by atoms with Crippen LogP contribution in [0.15, 0.2) is 139 Å². The molecule has 0 aliphatic heterocycles. The van der Waals surface area contributed by atoms with Crippen molar-refractivity contribution < 1.29 is 47.6 Å². The average molecular weight is 799 g/mol. The Labute approximate surface area is 343 Å². The van der Waals surface area contributed by atoms with Crippen molar-refractivity contribution in [2.24, 2.45) is 10.2 Å². The third-order valence-electron chi connectivity index (χ3n) is 8.01. The molecule has 0 atom stereocenters. The van der Waals surface area contributed by atoms with Gasteiger partial charge >= 0.3 is 23.9 Å². The van der Waals surface area contributed by atoms with Gasteiger partial charge in [-0.2, -0.15) is 10.2 Å². The molecule has 4 aromatic carbocycles. The van der Waals surface area contributed by atoms with Crippen LogP contribution in [0.1, 0.15) is 53.5 Å². The molecule has 0 amide bonds. The molecule has 0 unspecified atom stereocenters. The van der Waals surface area contributed by atoms with Gasteiger partial charge in [-0.1, -0.05) is 37.4 Å². The number of ether oxygens (including phenoxy) is 6. The van der Waals surface area contributed by atoms with Crippen LogP contribution in [0.5, 0.6) is 23.0 Å². The fourth-order valence-electron chi connectivity index (χ4n) is 4.91. The van der Waals surface area contributed by atoms with Crippen LogP contribution in [-0.2, 0) is 28.7 Å². The number of nitrogens with zero attached hydrogens (tertiary/aromatic N) is 2. The lowest BCUT2D eigenvalue weighted by molar-refractivity contribution is -0.138. The largest absolute Gasteiger partial charge is 0.494 e. The van der Waals surface area contributed by atoms with E-state index in [0.717, 1.165) is 52.8 Å². The summed E-state index contributed by atoms with van der Waals surface area (Å²) in [6.07, 6.45) is 14.3. The molecule has 0 saturated carbocycles. The van der Waals surface area contributed by atoms with Gasteiger partial charge in [-0.15, -0.1) is 0 Å². The van der Waals surface area contributed by atoms with Gasteiger partial charge in [0.1, 0.15) is 23.0 Å². The SMILES string of the molecule is C=CC(=O)OCCCCOc1ccc(/C=C/C(=O)Oc2ccc(/C=N/N=C/c3ccc(OC(=O)/C=C/c4ccc(OCCCCOC(=O)C=C)cc4)c(C)c3)cc2)cc1. The molecule has 4 rings (SSSR count). The Balaban J connectivity index is 1.14. The van der Waals surface area contributed by atoms with Gasteiger partial charge in [-0.05, 0) is 139 Å². The number of carbonyl (C=O) groups excluding carboxylic acids is 4. The lowest BCUT2D eigenvalue weighted by Gasteiger charge is -2.07. The predicted octanol–water partition coefficient (Wildman–Crippen LogP) is 8.46. The summed E-state index contributed by atoms with van der Waals surface area (Å²) in [5.41, 5.74) is 3.88. The molecule has 0 radical (unpaired) electrons. The van der Waals surface area contributed by atoms with E-state index >= 15 is 0 Å². The number of benzene rings is 4. The van der Waals surface area contributed by atoms with Gasteiger partial charge in [-0.3, -0.25) is 0 Å². The van der Waals surface area contributed by atoms with Crippen LogP contribution < -0.4 is 18.9 Å². The first-order valence-corrected chi connectivity index (χ1v) is 18.8. The molecule has 0 aliphatic rings. The number of rotatable bonds is 23.